The van der Waals surface area contributed by atoms with Crippen LogP contribution < -0.4 is 4.74 Å². The van der Waals surface area contributed by atoms with E-state index in [4.69, 9.17) is 40.2 Å². The van der Waals surface area contributed by atoms with Crippen molar-refractivity contribution in [2.24, 2.45) is 0 Å². The fourth-order valence-corrected chi connectivity index (χ4v) is 2.92. The van der Waals surface area contributed by atoms with Crippen molar-refractivity contribution in [3.05, 3.63) is 27.7 Å². The highest BCUT2D eigenvalue weighted by molar-refractivity contribution is 7.80. The van der Waals surface area contributed by atoms with Crippen molar-refractivity contribution in [3.63, 3.8) is 0 Å². The standard InChI is InChI=1S/C12H13Cl2NOS/c1-16-11-9(6-8(13)7-10(11)14)12(17)15-4-2-3-5-15/h6-7H,2-5H2,1H3. The van der Waals surface area contributed by atoms with Gasteiger partial charge in [-0.15, -0.1) is 0 Å². The van der Waals surface area contributed by atoms with Crippen LogP contribution in [0.15, 0.2) is 12.1 Å². The number of rotatable bonds is 2. The molecule has 1 aliphatic heterocycles. The van der Waals surface area contributed by atoms with E-state index in [9.17, 15) is 0 Å². The average molecular weight is 290 g/mol. The van der Waals surface area contributed by atoms with Gasteiger partial charge >= 0.3 is 0 Å². The maximum Gasteiger partial charge on any atom is 0.147 e. The van der Waals surface area contributed by atoms with Gasteiger partial charge in [0.25, 0.3) is 0 Å². The Labute approximate surface area is 116 Å². The SMILES string of the molecule is COc1c(Cl)cc(Cl)cc1C(=S)N1CCCC1. The Balaban J connectivity index is 2.39. The van der Waals surface area contributed by atoms with Gasteiger partial charge in [0.1, 0.15) is 10.7 Å². The van der Waals surface area contributed by atoms with Crippen molar-refractivity contribution >= 4 is 40.4 Å². The summed E-state index contributed by atoms with van der Waals surface area (Å²) in [5.74, 6) is 0.605. The van der Waals surface area contributed by atoms with Crippen molar-refractivity contribution in [1.29, 1.82) is 0 Å². The van der Waals surface area contributed by atoms with Gasteiger partial charge in [0.05, 0.1) is 17.7 Å². The quantitative estimate of drug-likeness (QED) is 0.769. The number of nitrogens with zero attached hydrogens (tertiary/aromatic N) is 1. The number of methoxy groups -OCH3 is 1. The van der Waals surface area contributed by atoms with E-state index >= 15 is 0 Å². The van der Waals surface area contributed by atoms with Crippen LogP contribution >= 0.6 is 35.4 Å². The molecule has 5 heteroatoms. The van der Waals surface area contributed by atoms with Gasteiger partial charge in [-0.3, -0.25) is 0 Å². The molecule has 0 saturated carbocycles. The molecule has 2 rings (SSSR count). The number of ether oxygens (including phenoxy) is 1. The predicted octanol–water partition coefficient (Wildman–Crippen LogP) is 3.77. The summed E-state index contributed by atoms with van der Waals surface area (Å²) in [6.45, 7) is 1.98. The minimum atomic E-state index is 0.497. The summed E-state index contributed by atoms with van der Waals surface area (Å²) >= 11 is 17.6. The first-order chi connectivity index (χ1) is 8.13. The molecule has 0 atom stereocenters. The molecule has 1 aromatic rings. The summed E-state index contributed by atoms with van der Waals surface area (Å²) in [5.41, 5.74) is 0.807. The Morgan fingerprint density at radius 1 is 1.29 bits per heavy atom. The van der Waals surface area contributed by atoms with E-state index in [1.165, 1.54) is 12.8 Å². The summed E-state index contributed by atoms with van der Waals surface area (Å²) in [6, 6.07) is 3.48. The molecule has 0 spiro atoms. The lowest BCUT2D eigenvalue weighted by Gasteiger charge is -2.21. The molecule has 0 bridgehead atoms. The predicted molar refractivity (Wildman–Crippen MR) is 75.5 cm³/mol. The molecule has 92 valence electrons. The van der Waals surface area contributed by atoms with Gasteiger partial charge in [-0.05, 0) is 25.0 Å². The molecule has 1 saturated heterocycles. The molecule has 0 aliphatic carbocycles. The maximum atomic E-state index is 6.10. The van der Waals surface area contributed by atoms with Crippen LogP contribution in [-0.2, 0) is 0 Å². The fourth-order valence-electron chi connectivity index (χ4n) is 2.02. The van der Waals surface area contributed by atoms with E-state index < -0.39 is 0 Å². The molecule has 1 aliphatic rings. The molecule has 1 fully saturated rings. The zero-order valence-corrected chi connectivity index (χ0v) is 11.8. The Morgan fingerprint density at radius 2 is 1.94 bits per heavy atom. The van der Waals surface area contributed by atoms with Crippen LogP contribution in [0.2, 0.25) is 10.0 Å². The normalized spacial score (nSPS) is 15.1. The molecule has 17 heavy (non-hydrogen) atoms. The second-order valence-electron chi connectivity index (χ2n) is 3.97. The van der Waals surface area contributed by atoms with Gasteiger partial charge in [0.2, 0.25) is 0 Å². The van der Waals surface area contributed by atoms with E-state index in [-0.39, 0.29) is 0 Å². The Morgan fingerprint density at radius 3 is 2.53 bits per heavy atom. The minimum absolute atomic E-state index is 0.497. The molecule has 2 nitrogen and oxygen atoms in total. The minimum Gasteiger partial charge on any atom is -0.494 e. The monoisotopic (exact) mass is 289 g/mol. The number of thiocarbonyl (C=S) groups is 1. The summed E-state index contributed by atoms with van der Waals surface area (Å²) in [4.78, 5) is 2.93. The lowest BCUT2D eigenvalue weighted by atomic mass is 10.2. The van der Waals surface area contributed by atoms with Gasteiger partial charge in [0, 0.05) is 18.1 Å². The third-order valence-electron chi connectivity index (χ3n) is 2.84. The van der Waals surface area contributed by atoms with E-state index in [2.05, 4.69) is 4.90 Å². The summed E-state index contributed by atoms with van der Waals surface area (Å²) in [6.07, 6.45) is 2.35. The fraction of sp³-hybridized carbons (Fsp3) is 0.417. The first-order valence-electron chi connectivity index (χ1n) is 5.46. The van der Waals surface area contributed by atoms with Gasteiger partial charge in [-0.2, -0.15) is 0 Å². The number of hydrogen-bond donors (Lipinski definition) is 0. The van der Waals surface area contributed by atoms with Crippen molar-refractivity contribution in [2.75, 3.05) is 20.2 Å². The highest BCUT2D eigenvalue weighted by atomic mass is 35.5. The molecule has 0 radical (unpaired) electrons. The Hall–Kier alpha value is -0.510. The number of halogens is 2. The zero-order valence-electron chi connectivity index (χ0n) is 9.50. The summed E-state index contributed by atoms with van der Waals surface area (Å²) in [7, 11) is 1.59. The van der Waals surface area contributed by atoms with Crippen LogP contribution in [0.1, 0.15) is 18.4 Å². The highest BCUT2D eigenvalue weighted by Crippen LogP contribution is 2.33. The van der Waals surface area contributed by atoms with Gasteiger partial charge in [0.15, 0.2) is 0 Å². The second-order valence-corrected chi connectivity index (χ2v) is 5.20. The third-order valence-corrected chi connectivity index (χ3v) is 3.81. The lowest BCUT2D eigenvalue weighted by Crippen LogP contribution is -2.27. The van der Waals surface area contributed by atoms with Crippen LogP contribution in [0.3, 0.4) is 0 Å². The van der Waals surface area contributed by atoms with Crippen molar-refractivity contribution in [1.82, 2.24) is 4.90 Å². The van der Waals surface area contributed by atoms with Gasteiger partial charge in [-0.25, -0.2) is 0 Å². The largest absolute Gasteiger partial charge is 0.494 e. The van der Waals surface area contributed by atoms with E-state index in [1.54, 1.807) is 13.2 Å². The molecule has 0 amide bonds. The summed E-state index contributed by atoms with van der Waals surface area (Å²) < 4.78 is 5.31. The molecule has 0 unspecified atom stereocenters. The van der Waals surface area contributed by atoms with Gasteiger partial charge in [-0.1, -0.05) is 35.4 Å². The van der Waals surface area contributed by atoms with E-state index in [0.29, 0.717) is 15.8 Å². The molecule has 1 aromatic carbocycles. The second kappa shape index (κ2) is 5.42. The Bertz CT molecular complexity index is 444. The van der Waals surface area contributed by atoms with E-state index in [0.717, 1.165) is 23.6 Å². The number of hydrogen-bond acceptors (Lipinski definition) is 2. The Kier molecular flexibility index (Phi) is 4.13. The first-order valence-corrected chi connectivity index (χ1v) is 6.62. The number of likely N-dealkylation sites (tertiary alicyclic amines) is 1. The lowest BCUT2D eigenvalue weighted by molar-refractivity contribution is 0.412. The number of benzene rings is 1. The van der Waals surface area contributed by atoms with Crippen molar-refractivity contribution in [3.8, 4) is 5.75 Å². The van der Waals surface area contributed by atoms with Crippen LogP contribution in [0.4, 0.5) is 0 Å². The van der Waals surface area contributed by atoms with Crippen LogP contribution in [0.5, 0.6) is 5.75 Å². The topological polar surface area (TPSA) is 12.5 Å². The van der Waals surface area contributed by atoms with Crippen molar-refractivity contribution in [2.45, 2.75) is 12.8 Å². The average Bonchev–Trinajstić information content (AvgIpc) is 2.80. The maximum absolute atomic E-state index is 6.10. The molecule has 0 N–H and O–H groups in total. The molecular weight excluding hydrogens is 277 g/mol. The third kappa shape index (κ3) is 2.67. The van der Waals surface area contributed by atoms with Crippen LogP contribution in [0, 0.1) is 0 Å². The van der Waals surface area contributed by atoms with Gasteiger partial charge < -0.3 is 9.64 Å². The highest BCUT2D eigenvalue weighted by Gasteiger charge is 2.21. The van der Waals surface area contributed by atoms with Crippen molar-refractivity contribution < 1.29 is 4.74 Å². The van der Waals surface area contributed by atoms with Crippen LogP contribution in [0.25, 0.3) is 0 Å². The molecular formula is C12H13Cl2NOS. The van der Waals surface area contributed by atoms with E-state index in [1.807, 2.05) is 6.07 Å². The summed E-state index contributed by atoms with van der Waals surface area (Å²) in [5, 5.41) is 1.07. The van der Waals surface area contributed by atoms with Crippen LogP contribution in [-0.4, -0.2) is 30.1 Å². The zero-order chi connectivity index (χ0) is 12.4. The molecule has 1 heterocycles. The molecule has 0 aromatic heterocycles. The smallest absolute Gasteiger partial charge is 0.147 e. The first kappa shape index (κ1) is 12.9.